The molecular weight excluding hydrogens is 233 g/mol. The molecule has 0 heterocycles. The normalized spacial score (nSPS) is 10.7. The molecule has 0 aliphatic rings. The third-order valence-corrected chi connectivity index (χ3v) is 6.22. The summed E-state index contributed by atoms with van der Waals surface area (Å²) in [5.41, 5.74) is 0. The molecule has 0 saturated carbocycles. The highest BCUT2D eigenvalue weighted by Gasteiger charge is 2.20. The van der Waals surface area contributed by atoms with E-state index in [0.717, 1.165) is 10.6 Å². The molecule has 0 saturated heterocycles. The van der Waals surface area contributed by atoms with Gasteiger partial charge in [-0.05, 0) is 0 Å². The van der Waals surface area contributed by atoms with Crippen LogP contribution in [-0.2, 0) is 11.8 Å². The van der Waals surface area contributed by atoms with Crippen LogP contribution in [0, 0.1) is 11.1 Å². The highest BCUT2D eigenvalue weighted by Crippen LogP contribution is 2.41. The van der Waals surface area contributed by atoms with Gasteiger partial charge in [0.1, 0.15) is 11.8 Å². The molecule has 0 aromatic heterocycles. The van der Waals surface area contributed by atoms with E-state index >= 15 is 0 Å². The maximum absolute atomic E-state index is 9.39. The first kappa shape index (κ1) is 11.1. The summed E-state index contributed by atoms with van der Waals surface area (Å²) in [4.78, 5) is 0. The summed E-state index contributed by atoms with van der Waals surface area (Å²) >= 11 is 5.59. The first-order valence-corrected chi connectivity index (χ1v) is 7.70. The van der Waals surface area contributed by atoms with Gasteiger partial charge in [0, 0.05) is 10.6 Å². The zero-order valence-corrected chi connectivity index (χ0v) is 10.3. The molecule has 0 atom stereocenters. The van der Waals surface area contributed by atoms with Crippen LogP contribution in [0.25, 0.3) is 0 Å². The number of hydrogen-bond acceptors (Lipinski definition) is 2. The summed E-state index contributed by atoms with van der Waals surface area (Å²) in [6.07, 6.45) is 0. The first-order chi connectivity index (χ1) is 7.77. The maximum Gasteiger partial charge on any atom is 0.107 e. The Morgan fingerprint density at radius 1 is 0.812 bits per heavy atom. The smallest absolute Gasteiger partial charge is 0.107 e. The van der Waals surface area contributed by atoms with Gasteiger partial charge in [-0.15, -0.1) is 0 Å². The third-order valence-electron chi connectivity index (χ3n) is 2.38. The lowest BCUT2D eigenvalue weighted by Crippen LogP contribution is -2.13. The average Bonchev–Trinajstić information content (AvgIpc) is 2.40. The van der Waals surface area contributed by atoms with Crippen LogP contribution in [0.15, 0.2) is 60.7 Å². The SMILES string of the molecule is N#CP(=S)(c1ccccc1)c1ccccc1. The Morgan fingerprint density at radius 3 is 1.50 bits per heavy atom. The minimum atomic E-state index is -2.27. The summed E-state index contributed by atoms with van der Waals surface area (Å²) in [7, 11) is 0. The molecule has 0 unspecified atom stereocenters. The van der Waals surface area contributed by atoms with Gasteiger partial charge in [0.2, 0.25) is 0 Å². The van der Waals surface area contributed by atoms with Crippen molar-refractivity contribution >= 4 is 28.5 Å². The first-order valence-electron chi connectivity index (χ1n) is 4.90. The van der Waals surface area contributed by atoms with E-state index in [9.17, 15) is 5.26 Å². The Kier molecular flexibility index (Phi) is 3.19. The molecule has 0 spiro atoms. The fourth-order valence-electron chi connectivity index (χ4n) is 1.54. The molecule has 0 aliphatic heterocycles. The average molecular weight is 243 g/mol. The van der Waals surface area contributed by atoms with Gasteiger partial charge in [-0.3, -0.25) is 0 Å². The van der Waals surface area contributed by atoms with Crippen LogP contribution >= 0.6 is 6.04 Å². The molecule has 2 aromatic carbocycles. The van der Waals surface area contributed by atoms with Crippen LogP contribution in [0.5, 0.6) is 0 Å². The summed E-state index contributed by atoms with van der Waals surface area (Å²) in [6.45, 7) is 0. The summed E-state index contributed by atoms with van der Waals surface area (Å²) in [6, 6.07) is 17.1. The minimum absolute atomic E-state index is 0.957. The predicted molar refractivity (Wildman–Crippen MR) is 72.1 cm³/mol. The van der Waals surface area contributed by atoms with Gasteiger partial charge >= 0.3 is 0 Å². The monoisotopic (exact) mass is 243 g/mol. The van der Waals surface area contributed by atoms with Crippen LogP contribution < -0.4 is 10.6 Å². The minimum Gasteiger partial charge on any atom is -0.192 e. The lowest BCUT2D eigenvalue weighted by molar-refractivity contribution is 1.56. The predicted octanol–water partition coefficient (Wildman–Crippen LogP) is 2.60. The number of hydrogen-bond donors (Lipinski definition) is 0. The molecule has 0 fully saturated rings. The highest BCUT2D eigenvalue weighted by molar-refractivity contribution is 8.24. The van der Waals surface area contributed by atoms with E-state index in [4.69, 9.17) is 11.8 Å². The Hall–Kier alpha value is -1.42. The second-order valence-corrected chi connectivity index (χ2v) is 7.47. The molecular formula is C13H10NPS. The van der Waals surface area contributed by atoms with Crippen molar-refractivity contribution in [2.24, 2.45) is 0 Å². The Morgan fingerprint density at radius 2 is 1.19 bits per heavy atom. The van der Waals surface area contributed by atoms with Crippen molar-refractivity contribution in [3.05, 3.63) is 60.7 Å². The van der Waals surface area contributed by atoms with E-state index < -0.39 is 6.04 Å². The molecule has 2 aromatic rings. The molecule has 3 heteroatoms. The summed E-state index contributed by atoms with van der Waals surface area (Å²) in [5.74, 6) is 2.34. The fraction of sp³-hybridized carbons (Fsp3) is 0. The lowest BCUT2D eigenvalue weighted by Gasteiger charge is -2.14. The topological polar surface area (TPSA) is 23.8 Å². The van der Waals surface area contributed by atoms with Crippen molar-refractivity contribution in [3.63, 3.8) is 0 Å². The summed E-state index contributed by atoms with van der Waals surface area (Å²) in [5, 5.41) is 11.3. The molecule has 1 nitrogen and oxygen atoms in total. The van der Waals surface area contributed by atoms with E-state index in [0.29, 0.717) is 0 Å². The molecule has 16 heavy (non-hydrogen) atoms. The van der Waals surface area contributed by atoms with Crippen LogP contribution in [-0.4, -0.2) is 0 Å². The zero-order chi connectivity index (χ0) is 11.4. The number of benzene rings is 2. The van der Waals surface area contributed by atoms with Crippen molar-refractivity contribution in [1.82, 2.24) is 0 Å². The molecule has 78 valence electrons. The standard InChI is InChI=1S/C13H10NPS/c14-11-15(16,12-7-3-1-4-8-12)13-9-5-2-6-10-13/h1-10H. The van der Waals surface area contributed by atoms with Crippen molar-refractivity contribution in [3.8, 4) is 5.81 Å². The van der Waals surface area contributed by atoms with E-state index in [1.807, 2.05) is 60.7 Å². The van der Waals surface area contributed by atoms with Crippen molar-refractivity contribution in [2.45, 2.75) is 0 Å². The number of rotatable bonds is 2. The van der Waals surface area contributed by atoms with Crippen LogP contribution in [0.4, 0.5) is 0 Å². The van der Waals surface area contributed by atoms with Crippen LogP contribution in [0.1, 0.15) is 0 Å². The van der Waals surface area contributed by atoms with Crippen molar-refractivity contribution < 1.29 is 0 Å². The van der Waals surface area contributed by atoms with E-state index in [1.54, 1.807) is 0 Å². The Bertz CT molecular complexity index is 514. The van der Waals surface area contributed by atoms with Crippen molar-refractivity contribution in [1.29, 1.82) is 5.26 Å². The quantitative estimate of drug-likeness (QED) is 0.757. The van der Waals surface area contributed by atoms with Crippen molar-refractivity contribution in [2.75, 3.05) is 0 Å². The molecule has 0 amide bonds. The van der Waals surface area contributed by atoms with Gasteiger partial charge in [-0.1, -0.05) is 72.5 Å². The molecule has 0 radical (unpaired) electrons. The van der Waals surface area contributed by atoms with Gasteiger partial charge in [-0.2, -0.15) is 5.26 Å². The van der Waals surface area contributed by atoms with Crippen LogP contribution in [0.2, 0.25) is 0 Å². The van der Waals surface area contributed by atoms with Crippen LogP contribution in [0.3, 0.4) is 0 Å². The molecule has 0 bridgehead atoms. The second-order valence-electron chi connectivity index (χ2n) is 3.38. The van der Waals surface area contributed by atoms with Gasteiger partial charge in [0.15, 0.2) is 0 Å². The third kappa shape index (κ3) is 1.93. The van der Waals surface area contributed by atoms with E-state index in [1.165, 1.54) is 0 Å². The van der Waals surface area contributed by atoms with Gasteiger partial charge < -0.3 is 0 Å². The van der Waals surface area contributed by atoms with E-state index in [2.05, 4.69) is 5.81 Å². The fourth-order valence-corrected chi connectivity index (χ4v) is 3.98. The second kappa shape index (κ2) is 4.61. The Balaban J connectivity index is 2.60. The summed E-state index contributed by atoms with van der Waals surface area (Å²) < 4.78 is 0. The lowest BCUT2D eigenvalue weighted by atomic mass is 10.4. The van der Waals surface area contributed by atoms with Gasteiger partial charge in [-0.25, -0.2) is 0 Å². The molecule has 0 N–H and O–H groups in total. The maximum atomic E-state index is 9.39. The van der Waals surface area contributed by atoms with Gasteiger partial charge in [0.05, 0.1) is 0 Å². The zero-order valence-electron chi connectivity index (χ0n) is 8.58. The van der Waals surface area contributed by atoms with Gasteiger partial charge in [0.25, 0.3) is 0 Å². The Labute approximate surface area is 100 Å². The largest absolute Gasteiger partial charge is 0.192 e. The molecule has 2 rings (SSSR count). The number of nitriles is 1. The number of nitrogens with zero attached hydrogens (tertiary/aromatic N) is 1. The highest BCUT2D eigenvalue weighted by atomic mass is 32.4. The molecule has 0 aliphatic carbocycles. The van der Waals surface area contributed by atoms with E-state index in [-0.39, 0.29) is 0 Å².